The first-order valence-electron chi connectivity index (χ1n) is 6.74. The maximum absolute atomic E-state index is 12.2. The molecule has 1 saturated heterocycles. The summed E-state index contributed by atoms with van der Waals surface area (Å²) < 4.78 is 6.26. The number of carbonyl (C=O) groups excluding carboxylic acids is 1. The summed E-state index contributed by atoms with van der Waals surface area (Å²) in [5.74, 6) is 0.459. The number of nitrogens with one attached hydrogen (secondary N) is 1. The van der Waals surface area contributed by atoms with E-state index in [2.05, 4.69) is 10.3 Å². The topological polar surface area (TPSA) is 77.2 Å². The van der Waals surface area contributed by atoms with Crippen LogP contribution < -0.4 is 11.1 Å². The fourth-order valence-corrected chi connectivity index (χ4v) is 3.39. The van der Waals surface area contributed by atoms with Crippen LogP contribution in [0.25, 0.3) is 10.2 Å². The molecule has 3 rings (SSSR count). The summed E-state index contributed by atoms with van der Waals surface area (Å²) in [6.07, 6.45) is 3.73. The SMILES string of the molecule is Nc1c(C(=O)NCCC2CCOC2)sc2cccnc12. The molecule has 0 saturated carbocycles. The second kappa shape index (κ2) is 5.76. The Morgan fingerprint density at radius 1 is 1.60 bits per heavy atom. The number of nitrogen functional groups attached to an aromatic ring is 1. The van der Waals surface area contributed by atoms with Crippen molar-refractivity contribution < 1.29 is 9.53 Å². The molecule has 1 unspecified atom stereocenters. The molecule has 0 aromatic carbocycles. The van der Waals surface area contributed by atoms with Crippen LogP contribution in [0.1, 0.15) is 22.5 Å². The summed E-state index contributed by atoms with van der Waals surface area (Å²) in [7, 11) is 0. The zero-order valence-electron chi connectivity index (χ0n) is 11.1. The largest absolute Gasteiger partial charge is 0.396 e. The third-order valence-corrected chi connectivity index (χ3v) is 4.71. The van der Waals surface area contributed by atoms with Gasteiger partial charge in [-0.25, -0.2) is 0 Å². The van der Waals surface area contributed by atoms with Gasteiger partial charge in [0.2, 0.25) is 0 Å². The molecule has 0 spiro atoms. The number of thiophene rings is 1. The number of anilines is 1. The van der Waals surface area contributed by atoms with Gasteiger partial charge in [0.25, 0.3) is 5.91 Å². The lowest BCUT2D eigenvalue weighted by molar-refractivity contribution is 0.0955. The van der Waals surface area contributed by atoms with Crippen LogP contribution in [0, 0.1) is 5.92 Å². The number of amides is 1. The Balaban J connectivity index is 1.64. The van der Waals surface area contributed by atoms with Crippen LogP contribution in [0.3, 0.4) is 0 Å². The normalized spacial score (nSPS) is 18.5. The van der Waals surface area contributed by atoms with Crippen molar-refractivity contribution in [3.63, 3.8) is 0 Å². The fraction of sp³-hybridized carbons (Fsp3) is 0.429. The number of hydrogen-bond acceptors (Lipinski definition) is 5. The van der Waals surface area contributed by atoms with Crippen LogP contribution in [0.5, 0.6) is 0 Å². The molecule has 3 N–H and O–H groups in total. The van der Waals surface area contributed by atoms with Gasteiger partial charge in [0, 0.05) is 26.0 Å². The van der Waals surface area contributed by atoms with E-state index in [1.165, 1.54) is 11.3 Å². The number of pyridine rings is 1. The summed E-state index contributed by atoms with van der Waals surface area (Å²) in [4.78, 5) is 16.9. The fourth-order valence-electron chi connectivity index (χ4n) is 2.40. The molecular weight excluding hydrogens is 274 g/mol. The highest BCUT2D eigenvalue weighted by atomic mass is 32.1. The van der Waals surface area contributed by atoms with Crippen LogP contribution in [0.4, 0.5) is 5.69 Å². The first kappa shape index (κ1) is 13.3. The minimum Gasteiger partial charge on any atom is -0.396 e. The maximum Gasteiger partial charge on any atom is 0.263 e. The lowest BCUT2D eigenvalue weighted by atomic mass is 10.1. The number of fused-ring (bicyclic) bond motifs is 1. The smallest absolute Gasteiger partial charge is 0.263 e. The molecule has 0 bridgehead atoms. The molecule has 1 atom stereocenters. The highest BCUT2D eigenvalue weighted by molar-refractivity contribution is 7.21. The van der Waals surface area contributed by atoms with Gasteiger partial charge in [-0.15, -0.1) is 11.3 Å². The average molecular weight is 291 g/mol. The molecule has 1 aliphatic heterocycles. The zero-order valence-corrected chi connectivity index (χ0v) is 11.9. The van der Waals surface area contributed by atoms with E-state index in [4.69, 9.17) is 10.5 Å². The van der Waals surface area contributed by atoms with Gasteiger partial charge in [-0.3, -0.25) is 9.78 Å². The summed E-state index contributed by atoms with van der Waals surface area (Å²) in [5, 5.41) is 2.94. The molecule has 2 aromatic heterocycles. The molecule has 5 nitrogen and oxygen atoms in total. The summed E-state index contributed by atoms with van der Waals surface area (Å²) in [6, 6.07) is 3.77. The number of aromatic nitrogens is 1. The van der Waals surface area contributed by atoms with Crippen molar-refractivity contribution in [3.8, 4) is 0 Å². The van der Waals surface area contributed by atoms with E-state index in [9.17, 15) is 4.79 Å². The second-order valence-corrected chi connectivity index (χ2v) is 6.02. The molecule has 1 aliphatic rings. The van der Waals surface area contributed by atoms with Crippen LogP contribution in [0.2, 0.25) is 0 Å². The maximum atomic E-state index is 12.2. The van der Waals surface area contributed by atoms with E-state index in [0.717, 1.165) is 30.8 Å². The van der Waals surface area contributed by atoms with Gasteiger partial charge in [0.05, 0.1) is 10.4 Å². The van der Waals surface area contributed by atoms with E-state index in [-0.39, 0.29) is 5.91 Å². The lowest BCUT2D eigenvalue weighted by Crippen LogP contribution is -2.26. The number of nitrogens with two attached hydrogens (primary N) is 1. The van der Waals surface area contributed by atoms with Crippen molar-refractivity contribution in [2.45, 2.75) is 12.8 Å². The van der Waals surface area contributed by atoms with Crippen molar-refractivity contribution in [1.29, 1.82) is 0 Å². The number of hydrogen-bond donors (Lipinski definition) is 2. The van der Waals surface area contributed by atoms with Crippen molar-refractivity contribution in [3.05, 3.63) is 23.2 Å². The molecule has 106 valence electrons. The van der Waals surface area contributed by atoms with Crippen LogP contribution in [-0.4, -0.2) is 30.6 Å². The Labute approximate surface area is 121 Å². The quantitative estimate of drug-likeness (QED) is 0.903. The summed E-state index contributed by atoms with van der Waals surface area (Å²) >= 11 is 1.39. The summed E-state index contributed by atoms with van der Waals surface area (Å²) in [6.45, 7) is 2.31. The monoisotopic (exact) mass is 291 g/mol. The summed E-state index contributed by atoms with van der Waals surface area (Å²) in [5.41, 5.74) is 7.19. The molecule has 2 aromatic rings. The molecule has 3 heterocycles. The van der Waals surface area contributed by atoms with Crippen molar-refractivity contribution in [2.24, 2.45) is 5.92 Å². The van der Waals surface area contributed by atoms with Gasteiger partial charge >= 0.3 is 0 Å². The van der Waals surface area contributed by atoms with Crippen LogP contribution >= 0.6 is 11.3 Å². The van der Waals surface area contributed by atoms with Crippen LogP contribution in [0.15, 0.2) is 18.3 Å². The lowest BCUT2D eigenvalue weighted by Gasteiger charge is -2.08. The molecule has 0 aliphatic carbocycles. The van der Waals surface area contributed by atoms with E-state index in [1.807, 2.05) is 12.1 Å². The van der Waals surface area contributed by atoms with Crippen LogP contribution in [-0.2, 0) is 4.74 Å². The van der Waals surface area contributed by atoms with Gasteiger partial charge in [-0.05, 0) is 30.9 Å². The molecule has 1 amide bonds. The molecule has 1 fully saturated rings. The Morgan fingerprint density at radius 2 is 2.50 bits per heavy atom. The first-order chi connectivity index (χ1) is 9.75. The third-order valence-electron chi connectivity index (χ3n) is 3.55. The third kappa shape index (κ3) is 2.62. The number of nitrogens with zero attached hydrogens (tertiary/aromatic N) is 1. The molecular formula is C14H17N3O2S. The second-order valence-electron chi connectivity index (χ2n) is 4.97. The Morgan fingerprint density at radius 3 is 3.25 bits per heavy atom. The zero-order chi connectivity index (χ0) is 13.9. The highest BCUT2D eigenvalue weighted by Crippen LogP contribution is 2.31. The Hall–Kier alpha value is -1.66. The van der Waals surface area contributed by atoms with Gasteiger partial charge in [-0.2, -0.15) is 0 Å². The first-order valence-corrected chi connectivity index (χ1v) is 7.56. The average Bonchev–Trinajstić information content (AvgIpc) is 3.08. The van der Waals surface area contributed by atoms with Crippen molar-refractivity contribution in [2.75, 3.05) is 25.5 Å². The predicted octanol–water partition coefficient (Wildman–Crippen LogP) is 2.03. The Kier molecular flexibility index (Phi) is 3.84. The number of rotatable bonds is 4. The van der Waals surface area contributed by atoms with Gasteiger partial charge < -0.3 is 15.8 Å². The number of carbonyl (C=O) groups is 1. The van der Waals surface area contributed by atoms with E-state index < -0.39 is 0 Å². The van der Waals surface area contributed by atoms with Gasteiger partial charge in [-0.1, -0.05) is 0 Å². The van der Waals surface area contributed by atoms with Gasteiger partial charge in [0.1, 0.15) is 10.4 Å². The van der Waals surface area contributed by atoms with Crippen molar-refractivity contribution in [1.82, 2.24) is 10.3 Å². The minimum atomic E-state index is -0.107. The van der Waals surface area contributed by atoms with E-state index in [0.29, 0.717) is 28.5 Å². The molecule has 6 heteroatoms. The van der Waals surface area contributed by atoms with E-state index >= 15 is 0 Å². The predicted molar refractivity (Wildman–Crippen MR) is 79.9 cm³/mol. The minimum absolute atomic E-state index is 0.107. The Bertz CT molecular complexity index is 620. The standard InChI is InChI=1S/C14H17N3O2S/c15-11-12-10(2-1-5-16-12)20-13(11)14(18)17-6-3-9-4-7-19-8-9/h1-2,5,9H,3-4,6-8,15H2,(H,17,18). The molecule has 0 radical (unpaired) electrons. The van der Waals surface area contributed by atoms with Crippen molar-refractivity contribution >= 4 is 33.1 Å². The van der Waals surface area contributed by atoms with Gasteiger partial charge in [0.15, 0.2) is 0 Å². The molecule has 20 heavy (non-hydrogen) atoms. The highest BCUT2D eigenvalue weighted by Gasteiger charge is 2.18. The van der Waals surface area contributed by atoms with E-state index in [1.54, 1.807) is 6.20 Å². The number of ether oxygens (including phenoxy) is 1.